The van der Waals surface area contributed by atoms with E-state index in [0.717, 1.165) is 19.3 Å². The topological polar surface area (TPSA) is 66.4 Å². The number of rotatable bonds is 20. The Labute approximate surface area is 167 Å². The number of methoxy groups -OCH3 is 1. The number of carbonyl (C=O) groups is 2. The van der Waals surface area contributed by atoms with Crippen molar-refractivity contribution in [2.45, 2.75) is 122 Å². The van der Waals surface area contributed by atoms with Crippen molar-refractivity contribution in [3.63, 3.8) is 0 Å². The number of esters is 1. The number of aliphatic carboxylic acids is 1. The number of unbranched alkanes of at least 4 members (excludes halogenated alkanes) is 15. The lowest BCUT2D eigenvalue weighted by atomic mass is 9.97. The minimum absolute atomic E-state index is 0.0719. The molecule has 0 bridgehead atoms. The zero-order valence-corrected chi connectivity index (χ0v) is 17.9. The second-order valence-electron chi connectivity index (χ2n) is 7.89. The molecule has 0 rings (SSSR count). The van der Waals surface area contributed by atoms with Crippen molar-refractivity contribution in [3.8, 4) is 0 Å². The van der Waals surface area contributed by atoms with Crippen molar-refractivity contribution in [1.82, 2.24) is 0 Å². The molecule has 1 atom stereocenters. The Morgan fingerprint density at radius 3 is 1.41 bits per heavy atom. The van der Waals surface area contributed by atoms with Crippen molar-refractivity contribution in [2.75, 3.05) is 7.11 Å². The molecule has 0 aromatic heterocycles. The van der Waals surface area contributed by atoms with E-state index in [1.807, 2.05) is 0 Å². The van der Waals surface area contributed by atoms with Crippen LogP contribution in [0, 0.1) is 5.92 Å². The van der Waals surface area contributed by atoms with Crippen LogP contribution in [0.25, 0.3) is 0 Å². The molecule has 0 aromatic carbocycles. The molecule has 0 spiro atoms. The summed E-state index contributed by atoms with van der Waals surface area (Å²) in [5.41, 5.74) is 0. The number of hydrogen-bond acceptors (Lipinski definition) is 4. The Kier molecular flexibility index (Phi) is 18.9. The van der Waals surface area contributed by atoms with Gasteiger partial charge in [0.2, 0.25) is 0 Å². The van der Waals surface area contributed by atoms with Crippen molar-refractivity contribution in [3.05, 3.63) is 0 Å². The quantitative estimate of drug-likeness (QED) is 0.204. The lowest BCUT2D eigenvalue weighted by Crippen LogP contribution is -2.33. The van der Waals surface area contributed by atoms with Crippen LogP contribution in [0.2, 0.25) is 0 Å². The van der Waals surface area contributed by atoms with Gasteiger partial charge in [-0.1, -0.05) is 110 Å². The van der Waals surface area contributed by atoms with Crippen LogP contribution in [0.1, 0.15) is 122 Å². The Morgan fingerprint density at radius 2 is 1.07 bits per heavy atom. The Bertz CT molecular complexity index is 354. The van der Waals surface area contributed by atoms with Gasteiger partial charge in [-0.3, -0.25) is 4.79 Å². The van der Waals surface area contributed by atoms with E-state index in [2.05, 4.69) is 11.7 Å². The molecule has 4 nitrogen and oxygen atoms in total. The highest BCUT2D eigenvalue weighted by atomic mass is 16.5. The highest BCUT2D eigenvalue weighted by Crippen LogP contribution is 2.17. The minimum atomic E-state index is -1.14. The molecule has 0 aliphatic heterocycles. The Hall–Kier alpha value is -1.06. The fraction of sp³-hybridized carbons (Fsp3) is 0.913. The summed E-state index contributed by atoms with van der Waals surface area (Å²) in [4.78, 5) is 22.2. The highest BCUT2D eigenvalue weighted by molar-refractivity contribution is 5.77. The molecule has 0 fully saturated rings. The van der Waals surface area contributed by atoms with Crippen LogP contribution in [0.5, 0.6) is 0 Å². The van der Waals surface area contributed by atoms with Gasteiger partial charge in [0.1, 0.15) is 0 Å². The maximum Gasteiger partial charge on any atom is 0.306 e. The Morgan fingerprint density at radius 1 is 0.704 bits per heavy atom. The summed E-state index contributed by atoms with van der Waals surface area (Å²) >= 11 is 0. The van der Waals surface area contributed by atoms with E-state index in [-0.39, 0.29) is 6.42 Å². The smallest absolute Gasteiger partial charge is 0.306 e. The van der Waals surface area contributed by atoms with Crippen molar-refractivity contribution in [1.29, 1.82) is 0 Å². The van der Waals surface area contributed by atoms with E-state index in [1.54, 1.807) is 0 Å². The van der Waals surface area contributed by atoms with Crippen LogP contribution in [-0.4, -0.2) is 19.0 Å². The maximum atomic E-state index is 11.2. The number of hydrogen-bond donors (Lipinski definition) is 0. The molecule has 1 unspecified atom stereocenters. The molecule has 160 valence electrons. The van der Waals surface area contributed by atoms with Crippen LogP contribution in [-0.2, 0) is 14.3 Å². The maximum absolute atomic E-state index is 11.2. The van der Waals surface area contributed by atoms with Gasteiger partial charge < -0.3 is 14.6 Å². The minimum Gasteiger partial charge on any atom is -0.550 e. The monoisotopic (exact) mass is 383 g/mol. The first-order valence-electron chi connectivity index (χ1n) is 11.4. The summed E-state index contributed by atoms with van der Waals surface area (Å²) in [7, 11) is 1.28. The summed E-state index contributed by atoms with van der Waals surface area (Å²) < 4.78 is 4.53. The third-order valence-electron chi connectivity index (χ3n) is 5.38. The number of ether oxygens (including phenoxy) is 1. The zero-order valence-electron chi connectivity index (χ0n) is 17.9. The van der Waals surface area contributed by atoms with Crippen LogP contribution in [0.3, 0.4) is 0 Å². The molecule has 0 radical (unpaired) electrons. The third kappa shape index (κ3) is 18.1. The first kappa shape index (κ1) is 25.9. The van der Waals surface area contributed by atoms with Gasteiger partial charge in [-0.15, -0.1) is 0 Å². The van der Waals surface area contributed by atoms with Gasteiger partial charge in [0.05, 0.1) is 13.5 Å². The van der Waals surface area contributed by atoms with E-state index in [0.29, 0.717) is 6.42 Å². The lowest BCUT2D eigenvalue weighted by Gasteiger charge is -2.16. The van der Waals surface area contributed by atoms with Gasteiger partial charge >= 0.3 is 5.97 Å². The fourth-order valence-corrected chi connectivity index (χ4v) is 3.53. The average Bonchev–Trinajstić information content (AvgIpc) is 2.66. The highest BCUT2D eigenvalue weighted by Gasteiger charge is 2.15. The normalized spacial score (nSPS) is 12.1. The van der Waals surface area contributed by atoms with Crippen LogP contribution in [0.4, 0.5) is 0 Å². The third-order valence-corrected chi connectivity index (χ3v) is 5.38. The zero-order chi connectivity index (χ0) is 20.2. The van der Waals surface area contributed by atoms with Gasteiger partial charge in [0.15, 0.2) is 0 Å². The summed E-state index contributed by atoms with van der Waals surface area (Å²) in [5, 5.41) is 11.0. The molecule has 0 amide bonds. The molecule has 0 aromatic rings. The van der Waals surface area contributed by atoms with E-state index < -0.39 is 17.9 Å². The summed E-state index contributed by atoms with van der Waals surface area (Å²) in [6.07, 6.45) is 21.2. The fourth-order valence-electron chi connectivity index (χ4n) is 3.53. The van der Waals surface area contributed by atoms with E-state index in [9.17, 15) is 14.7 Å². The van der Waals surface area contributed by atoms with Gasteiger partial charge in [-0.25, -0.2) is 0 Å². The van der Waals surface area contributed by atoms with Gasteiger partial charge in [0, 0.05) is 11.9 Å². The predicted octanol–water partition coefficient (Wildman–Crippen LogP) is 5.57. The molecule has 0 heterocycles. The number of carbonyl (C=O) groups excluding carboxylic acids is 2. The summed E-state index contributed by atoms with van der Waals surface area (Å²) in [6.45, 7) is 2.26. The van der Waals surface area contributed by atoms with Gasteiger partial charge in [-0.2, -0.15) is 0 Å². The van der Waals surface area contributed by atoms with Crippen LogP contribution in [0.15, 0.2) is 0 Å². The largest absolute Gasteiger partial charge is 0.550 e. The molecule has 4 heteroatoms. The molecule has 0 saturated heterocycles. The average molecular weight is 384 g/mol. The van der Waals surface area contributed by atoms with E-state index >= 15 is 0 Å². The van der Waals surface area contributed by atoms with Crippen LogP contribution >= 0.6 is 0 Å². The molecular formula is C23H43O4-. The summed E-state index contributed by atoms with van der Waals surface area (Å²) in [5.74, 6) is -2.31. The second kappa shape index (κ2) is 19.7. The molecular weight excluding hydrogens is 340 g/mol. The molecule has 0 aliphatic carbocycles. The summed E-state index contributed by atoms with van der Waals surface area (Å²) in [6, 6.07) is 0. The molecule has 0 saturated carbocycles. The standard InChI is InChI=1S/C23H44O4/c1-3-4-5-6-7-8-9-10-11-12-13-14-15-16-17-18-19-21(23(25)26)20-22(24)27-2/h21H,3-20H2,1-2H3,(H,25,26)/p-1. The molecule has 0 aliphatic rings. The molecule has 27 heavy (non-hydrogen) atoms. The van der Waals surface area contributed by atoms with Crippen molar-refractivity contribution < 1.29 is 19.4 Å². The van der Waals surface area contributed by atoms with Crippen molar-refractivity contribution in [2.24, 2.45) is 5.92 Å². The van der Waals surface area contributed by atoms with E-state index in [1.165, 1.54) is 90.6 Å². The number of carboxylic acid groups (broad SMARTS) is 1. The SMILES string of the molecule is CCCCCCCCCCCCCCCCCCC(CC(=O)OC)C(=O)[O-]. The first-order chi connectivity index (χ1) is 13.1. The predicted molar refractivity (Wildman–Crippen MR) is 109 cm³/mol. The van der Waals surface area contributed by atoms with Gasteiger partial charge in [0.25, 0.3) is 0 Å². The lowest BCUT2D eigenvalue weighted by molar-refractivity contribution is -0.312. The Balaban J connectivity index is 3.32. The van der Waals surface area contributed by atoms with Crippen molar-refractivity contribution >= 4 is 11.9 Å². The number of carboxylic acids is 1. The van der Waals surface area contributed by atoms with Gasteiger partial charge in [-0.05, 0) is 6.42 Å². The molecule has 0 N–H and O–H groups in total. The van der Waals surface area contributed by atoms with E-state index in [4.69, 9.17) is 0 Å². The van der Waals surface area contributed by atoms with Crippen LogP contribution < -0.4 is 5.11 Å². The first-order valence-corrected chi connectivity index (χ1v) is 11.4. The second-order valence-corrected chi connectivity index (χ2v) is 7.89.